The first kappa shape index (κ1) is 34.3. The van der Waals surface area contributed by atoms with Crippen LogP contribution in [0.25, 0.3) is 0 Å². The number of carbonyl (C=O) groups excluding carboxylic acids is 1. The van der Waals surface area contributed by atoms with Gasteiger partial charge in [-0.25, -0.2) is 0 Å². The highest BCUT2D eigenvalue weighted by molar-refractivity contribution is 5.78. The van der Waals surface area contributed by atoms with Crippen LogP contribution in [0.15, 0.2) is 12.2 Å². The summed E-state index contributed by atoms with van der Waals surface area (Å²) in [5, 5.41) is 50.9. The van der Waals surface area contributed by atoms with E-state index in [2.05, 4.69) is 41.2 Å². The molecule has 10 nitrogen and oxygen atoms in total. The lowest BCUT2D eigenvalue weighted by Gasteiger charge is -2.70. The molecule has 0 spiro atoms. The van der Waals surface area contributed by atoms with E-state index in [1.54, 1.807) is 0 Å². The van der Waals surface area contributed by atoms with Gasteiger partial charge in [0.25, 0.3) is 0 Å². The van der Waals surface area contributed by atoms with E-state index in [1.807, 2.05) is 6.92 Å². The minimum Gasteiger partial charge on any atom is -0.481 e. The largest absolute Gasteiger partial charge is 0.481 e. The summed E-state index contributed by atoms with van der Waals surface area (Å²) < 4.78 is 18.1. The molecule has 6 aliphatic rings. The number of carboxylic acid groups (broad SMARTS) is 1. The number of rotatable bonds is 6. The molecule has 5 N–H and O–H groups in total. The van der Waals surface area contributed by atoms with Crippen LogP contribution >= 0.6 is 0 Å². The Balaban J connectivity index is 1.34. The summed E-state index contributed by atoms with van der Waals surface area (Å²) in [5.41, 5.74) is -0.686. The van der Waals surface area contributed by atoms with Gasteiger partial charge in [-0.3, -0.25) is 9.59 Å². The summed E-state index contributed by atoms with van der Waals surface area (Å²) in [5.74, 6) is -0.475. The molecule has 6 fully saturated rings. The molecule has 2 aliphatic heterocycles. The maximum atomic E-state index is 14.4. The summed E-state index contributed by atoms with van der Waals surface area (Å²) in [6, 6.07) is 0. The van der Waals surface area contributed by atoms with Gasteiger partial charge in [-0.2, -0.15) is 0 Å². The minimum atomic E-state index is -1.65. The summed E-state index contributed by atoms with van der Waals surface area (Å²) >= 11 is 0. The van der Waals surface area contributed by atoms with Crippen LogP contribution in [0.5, 0.6) is 0 Å². The van der Waals surface area contributed by atoms with Crippen LogP contribution in [-0.4, -0.2) is 86.5 Å². The SMILES string of the molecule is C=C(C)[C@@H]1CC[C@]2(C(=O)O[C@@H]3O[C@H](CO)[C@@H](O)[C@H](O)[C@H]3O)CC[C@]3(C)[C@H](CC[C@@H]4[C@@]5(C)C(CC(=O)O)OC(C)(C)[C@@H]5CC[C@]43C)[C@@H]12. The van der Waals surface area contributed by atoms with E-state index in [-0.39, 0.29) is 58.4 Å². The van der Waals surface area contributed by atoms with E-state index in [0.717, 1.165) is 44.1 Å². The van der Waals surface area contributed by atoms with Gasteiger partial charge < -0.3 is 39.7 Å². The maximum Gasteiger partial charge on any atom is 0.314 e. The number of carbonyl (C=O) groups is 2. The van der Waals surface area contributed by atoms with E-state index in [9.17, 15) is 35.1 Å². The molecule has 10 heteroatoms. The molecule has 6 rings (SSSR count). The fourth-order valence-corrected chi connectivity index (χ4v) is 12.7. The number of hydrogen-bond donors (Lipinski definition) is 5. The smallest absolute Gasteiger partial charge is 0.314 e. The van der Waals surface area contributed by atoms with Gasteiger partial charge >= 0.3 is 11.9 Å². The lowest BCUT2D eigenvalue weighted by atomic mass is 9.33. The molecule has 4 aliphatic carbocycles. The first-order valence-electron chi connectivity index (χ1n) is 17.5. The number of aliphatic hydroxyl groups excluding tert-OH is 4. The van der Waals surface area contributed by atoms with Crippen molar-refractivity contribution in [3.63, 3.8) is 0 Å². The molecule has 0 bridgehead atoms. The van der Waals surface area contributed by atoms with Crippen molar-refractivity contribution in [3.05, 3.63) is 12.2 Å². The highest BCUT2D eigenvalue weighted by atomic mass is 16.7. The van der Waals surface area contributed by atoms with Crippen molar-refractivity contribution in [1.82, 2.24) is 0 Å². The van der Waals surface area contributed by atoms with Crippen molar-refractivity contribution in [2.75, 3.05) is 6.61 Å². The van der Waals surface area contributed by atoms with Crippen LogP contribution in [0.4, 0.5) is 0 Å². The van der Waals surface area contributed by atoms with Gasteiger partial charge in [0.15, 0.2) is 0 Å². The predicted octanol–water partition coefficient (Wildman–Crippen LogP) is 3.82. The van der Waals surface area contributed by atoms with Crippen LogP contribution in [0.1, 0.15) is 99.3 Å². The van der Waals surface area contributed by atoms with Gasteiger partial charge in [0.1, 0.15) is 24.4 Å². The van der Waals surface area contributed by atoms with Gasteiger partial charge in [0, 0.05) is 5.41 Å². The third-order valence-electron chi connectivity index (χ3n) is 15.1. The topological polar surface area (TPSA) is 163 Å². The van der Waals surface area contributed by atoms with Crippen LogP contribution in [0.2, 0.25) is 0 Å². The van der Waals surface area contributed by atoms with E-state index < -0.39 is 60.3 Å². The average molecular weight is 649 g/mol. The van der Waals surface area contributed by atoms with Gasteiger partial charge in [-0.15, -0.1) is 0 Å². The lowest BCUT2D eigenvalue weighted by Crippen LogP contribution is -2.66. The number of allylic oxidation sites excluding steroid dienone is 1. The predicted molar refractivity (Wildman–Crippen MR) is 167 cm³/mol. The average Bonchev–Trinajstić information content (AvgIpc) is 3.46. The number of carboxylic acids is 1. The Labute approximate surface area is 272 Å². The number of hydrogen-bond acceptors (Lipinski definition) is 9. The van der Waals surface area contributed by atoms with E-state index >= 15 is 0 Å². The molecule has 46 heavy (non-hydrogen) atoms. The molecule has 0 aromatic carbocycles. The number of esters is 1. The van der Waals surface area contributed by atoms with E-state index in [1.165, 1.54) is 0 Å². The Bertz CT molecular complexity index is 1250. The minimum absolute atomic E-state index is 0.00356. The quantitative estimate of drug-likeness (QED) is 0.211. The van der Waals surface area contributed by atoms with E-state index in [0.29, 0.717) is 12.8 Å². The van der Waals surface area contributed by atoms with Crippen LogP contribution in [-0.2, 0) is 23.8 Å². The second kappa shape index (κ2) is 11.2. The fourth-order valence-electron chi connectivity index (χ4n) is 12.7. The zero-order valence-corrected chi connectivity index (χ0v) is 28.4. The number of aliphatic hydroxyl groups is 4. The van der Waals surface area contributed by atoms with Crippen molar-refractivity contribution < 1.29 is 49.3 Å². The highest BCUT2D eigenvalue weighted by Crippen LogP contribution is 2.77. The number of ether oxygens (including phenoxy) is 3. The normalized spacial score (nSPS) is 52.5. The van der Waals surface area contributed by atoms with Gasteiger partial charge in [-0.1, -0.05) is 32.9 Å². The van der Waals surface area contributed by atoms with Crippen molar-refractivity contribution in [1.29, 1.82) is 0 Å². The molecule has 4 saturated carbocycles. The molecular formula is C36H56O10. The first-order chi connectivity index (χ1) is 21.4. The summed E-state index contributed by atoms with van der Waals surface area (Å²) in [7, 11) is 0. The van der Waals surface area contributed by atoms with Crippen molar-refractivity contribution >= 4 is 11.9 Å². The second-order valence-corrected chi connectivity index (χ2v) is 17.1. The molecule has 2 heterocycles. The Kier molecular flexibility index (Phi) is 8.38. The van der Waals surface area contributed by atoms with Gasteiger partial charge in [-0.05, 0) is 113 Å². The van der Waals surface area contributed by atoms with E-state index in [4.69, 9.17) is 14.2 Å². The molecule has 0 amide bonds. The van der Waals surface area contributed by atoms with Crippen molar-refractivity contribution in [2.24, 2.45) is 51.2 Å². The van der Waals surface area contributed by atoms with Crippen molar-refractivity contribution in [3.8, 4) is 0 Å². The zero-order valence-electron chi connectivity index (χ0n) is 28.4. The number of fused-ring (bicyclic) bond motifs is 7. The molecule has 0 aromatic rings. The Morgan fingerprint density at radius 3 is 2.20 bits per heavy atom. The first-order valence-corrected chi connectivity index (χ1v) is 17.5. The van der Waals surface area contributed by atoms with Gasteiger partial charge in [0.05, 0.1) is 30.1 Å². The third-order valence-corrected chi connectivity index (χ3v) is 15.1. The second-order valence-electron chi connectivity index (χ2n) is 17.1. The Morgan fingerprint density at radius 2 is 1.57 bits per heavy atom. The highest BCUT2D eigenvalue weighted by Gasteiger charge is 2.74. The van der Waals surface area contributed by atoms with Crippen LogP contribution < -0.4 is 0 Å². The van der Waals surface area contributed by atoms with Crippen LogP contribution in [0.3, 0.4) is 0 Å². The molecular weight excluding hydrogens is 592 g/mol. The number of aliphatic carboxylic acids is 1. The molecule has 1 unspecified atom stereocenters. The Morgan fingerprint density at radius 1 is 0.870 bits per heavy atom. The molecule has 0 aromatic heterocycles. The maximum absolute atomic E-state index is 14.4. The van der Waals surface area contributed by atoms with Crippen molar-refractivity contribution in [2.45, 2.75) is 142 Å². The summed E-state index contributed by atoms with van der Waals surface area (Å²) in [6.07, 6.45) is -1.17. The van der Waals surface area contributed by atoms with Gasteiger partial charge in [0.2, 0.25) is 6.29 Å². The van der Waals surface area contributed by atoms with Crippen LogP contribution in [0, 0.1) is 51.2 Å². The standard InChI is InChI=1S/C36H56O10/c1-18(2)19-10-13-36(31(43)45-30-29(42)28(41)27(40)21(17-37)44-30)15-14-33(5)20(26(19)36)8-9-23-34(33,6)12-11-22-32(3,4)46-24(16-25(38)39)35(22,23)7/h19-24,26-30,37,40-42H,1,8-17H2,2-7H3,(H,38,39)/t19-,20+,21+,22-,23-,24?,26+,27+,28-,29+,30-,33+,34+,35-,36-/m0/s1. The molecule has 2 saturated heterocycles. The molecule has 260 valence electrons. The molecule has 0 radical (unpaired) electrons. The third kappa shape index (κ3) is 4.56. The zero-order chi connectivity index (χ0) is 33.8. The molecule has 15 atom stereocenters. The monoisotopic (exact) mass is 648 g/mol. The fraction of sp³-hybridized carbons (Fsp3) is 0.889. The lowest BCUT2D eigenvalue weighted by molar-refractivity contribution is -0.298. The summed E-state index contributed by atoms with van der Waals surface area (Å²) in [6.45, 7) is 17.2. The Hall–Kier alpha value is -1.56. The summed E-state index contributed by atoms with van der Waals surface area (Å²) in [4.78, 5) is 26.5.